The fourth-order valence-corrected chi connectivity index (χ4v) is 3.03. The predicted octanol–water partition coefficient (Wildman–Crippen LogP) is 1.11. The summed E-state index contributed by atoms with van der Waals surface area (Å²) in [6.45, 7) is 1.82. The summed E-state index contributed by atoms with van der Waals surface area (Å²) in [5.74, 6) is -0.365. The summed E-state index contributed by atoms with van der Waals surface area (Å²) < 4.78 is 23.6. The second-order valence-electron chi connectivity index (χ2n) is 3.62. The summed E-state index contributed by atoms with van der Waals surface area (Å²) >= 11 is 0. The third kappa shape index (κ3) is 1.87. The van der Waals surface area contributed by atoms with Crippen LogP contribution in [0.15, 0.2) is 23.1 Å². The van der Waals surface area contributed by atoms with Crippen LogP contribution in [0, 0.1) is 6.92 Å². The molecule has 0 saturated heterocycles. The molecule has 0 spiro atoms. The fraction of sp³-hybridized carbons (Fsp3) is 0.300. The normalized spacial score (nSPS) is 18.9. The number of rotatable bonds is 0. The molecule has 0 bridgehead atoms. The van der Waals surface area contributed by atoms with Gasteiger partial charge < -0.3 is 5.32 Å². The molecule has 0 aliphatic carbocycles. The number of hydrogen-bond acceptors (Lipinski definition) is 3. The molecule has 1 amide bonds. The molecule has 2 rings (SSSR count). The minimum absolute atomic E-state index is 0.0239. The van der Waals surface area contributed by atoms with E-state index in [9.17, 15) is 13.2 Å². The zero-order valence-corrected chi connectivity index (χ0v) is 9.10. The Kier molecular flexibility index (Phi) is 2.26. The molecule has 1 aliphatic rings. The third-order valence-electron chi connectivity index (χ3n) is 2.34. The predicted molar refractivity (Wildman–Crippen MR) is 56.5 cm³/mol. The molecule has 1 aromatic rings. The summed E-state index contributed by atoms with van der Waals surface area (Å²) in [4.78, 5) is 11.5. The molecule has 1 heterocycles. The van der Waals surface area contributed by atoms with Crippen LogP contribution in [0.4, 0.5) is 5.69 Å². The van der Waals surface area contributed by atoms with Gasteiger partial charge >= 0.3 is 0 Å². The van der Waals surface area contributed by atoms with Crippen molar-refractivity contribution in [3.8, 4) is 0 Å². The largest absolute Gasteiger partial charge is 0.325 e. The van der Waals surface area contributed by atoms with Gasteiger partial charge in [-0.3, -0.25) is 4.79 Å². The van der Waals surface area contributed by atoms with Crippen LogP contribution >= 0.6 is 0 Å². The zero-order valence-electron chi connectivity index (χ0n) is 8.28. The van der Waals surface area contributed by atoms with Crippen molar-refractivity contribution in [3.05, 3.63) is 23.8 Å². The summed E-state index contributed by atoms with van der Waals surface area (Å²) in [6, 6.07) is 5.00. The number of anilines is 1. The lowest BCUT2D eigenvalue weighted by atomic mass is 10.2. The average Bonchev–Trinajstić information content (AvgIpc) is 2.27. The van der Waals surface area contributed by atoms with Crippen molar-refractivity contribution in [2.24, 2.45) is 0 Å². The summed E-state index contributed by atoms with van der Waals surface area (Å²) in [5, 5.41) is 2.59. The number of fused-ring (bicyclic) bond motifs is 1. The Morgan fingerprint density at radius 2 is 2.07 bits per heavy atom. The summed E-state index contributed by atoms with van der Waals surface area (Å²) in [6.07, 6.45) is 0.0239. The molecule has 0 unspecified atom stereocenters. The van der Waals surface area contributed by atoms with Gasteiger partial charge in [0.05, 0.1) is 16.3 Å². The van der Waals surface area contributed by atoms with E-state index in [1.165, 1.54) is 0 Å². The van der Waals surface area contributed by atoms with Gasteiger partial charge in [-0.05, 0) is 24.6 Å². The number of carbonyl (C=O) groups is 1. The standard InChI is InChI=1S/C10H11NO3S/c1-7-2-3-8-9(6-7)15(13,14)5-4-10(12)11-8/h2-3,6H,4-5H2,1H3,(H,11,12). The van der Waals surface area contributed by atoms with Gasteiger partial charge in [-0.15, -0.1) is 0 Å². The Bertz CT molecular complexity index is 519. The van der Waals surface area contributed by atoms with E-state index in [4.69, 9.17) is 0 Å². The van der Waals surface area contributed by atoms with Crippen molar-refractivity contribution < 1.29 is 13.2 Å². The van der Waals surface area contributed by atoms with Gasteiger partial charge in [-0.1, -0.05) is 6.07 Å². The minimum Gasteiger partial charge on any atom is -0.325 e. The van der Waals surface area contributed by atoms with E-state index in [0.717, 1.165) is 5.56 Å². The molecule has 0 radical (unpaired) electrons. The lowest BCUT2D eigenvalue weighted by Gasteiger charge is -2.06. The molecule has 0 saturated carbocycles. The van der Waals surface area contributed by atoms with Crippen molar-refractivity contribution in [1.82, 2.24) is 0 Å². The van der Waals surface area contributed by atoms with E-state index in [1.807, 2.05) is 6.92 Å². The van der Waals surface area contributed by atoms with Gasteiger partial charge in [0.15, 0.2) is 9.84 Å². The van der Waals surface area contributed by atoms with Gasteiger partial charge in [-0.25, -0.2) is 8.42 Å². The van der Waals surface area contributed by atoms with Crippen LogP contribution in [0.2, 0.25) is 0 Å². The maximum absolute atomic E-state index is 11.8. The van der Waals surface area contributed by atoms with E-state index in [-0.39, 0.29) is 23.0 Å². The maximum atomic E-state index is 11.8. The van der Waals surface area contributed by atoms with Crippen molar-refractivity contribution in [2.75, 3.05) is 11.1 Å². The Hall–Kier alpha value is -1.36. The second kappa shape index (κ2) is 3.34. The van der Waals surface area contributed by atoms with Crippen LogP contribution in [0.3, 0.4) is 0 Å². The third-order valence-corrected chi connectivity index (χ3v) is 4.09. The first-order valence-corrected chi connectivity index (χ1v) is 6.27. The van der Waals surface area contributed by atoms with Gasteiger partial charge in [0.2, 0.25) is 5.91 Å². The summed E-state index contributed by atoms with van der Waals surface area (Å²) in [5.41, 5.74) is 1.26. The van der Waals surface area contributed by atoms with E-state index >= 15 is 0 Å². The van der Waals surface area contributed by atoms with Crippen LogP contribution in [-0.4, -0.2) is 20.1 Å². The minimum atomic E-state index is -3.32. The van der Waals surface area contributed by atoms with Gasteiger partial charge in [0, 0.05) is 6.42 Å². The van der Waals surface area contributed by atoms with E-state index < -0.39 is 9.84 Å². The quantitative estimate of drug-likeness (QED) is 0.719. The Labute approximate surface area is 88.2 Å². The molecule has 4 nitrogen and oxygen atoms in total. The summed E-state index contributed by atoms with van der Waals surface area (Å²) in [7, 11) is -3.32. The highest BCUT2D eigenvalue weighted by Crippen LogP contribution is 2.26. The van der Waals surface area contributed by atoms with Crippen LogP contribution in [-0.2, 0) is 14.6 Å². The SMILES string of the molecule is Cc1ccc2c(c1)S(=O)(=O)CCC(=O)N2. The first kappa shape index (κ1) is 10.2. The molecule has 5 heteroatoms. The first-order chi connectivity index (χ1) is 6.99. The highest BCUT2D eigenvalue weighted by molar-refractivity contribution is 7.91. The van der Waals surface area contributed by atoms with E-state index in [1.54, 1.807) is 18.2 Å². The van der Waals surface area contributed by atoms with Crippen molar-refractivity contribution in [3.63, 3.8) is 0 Å². The highest BCUT2D eigenvalue weighted by atomic mass is 32.2. The Morgan fingerprint density at radius 1 is 1.33 bits per heavy atom. The topological polar surface area (TPSA) is 63.2 Å². The molecular formula is C10H11NO3S. The average molecular weight is 225 g/mol. The molecule has 15 heavy (non-hydrogen) atoms. The number of benzene rings is 1. The number of aryl methyl sites for hydroxylation is 1. The number of carbonyl (C=O) groups excluding carboxylic acids is 1. The lowest BCUT2D eigenvalue weighted by molar-refractivity contribution is -0.115. The van der Waals surface area contributed by atoms with Gasteiger partial charge in [0.25, 0.3) is 0 Å². The van der Waals surface area contributed by atoms with E-state index in [2.05, 4.69) is 5.32 Å². The van der Waals surface area contributed by atoms with Crippen molar-refractivity contribution >= 4 is 21.4 Å². The van der Waals surface area contributed by atoms with E-state index in [0.29, 0.717) is 5.69 Å². The highest BCUT2D eigenvalue weighted by Gasteiger charge is 2.24. The Morgan fingerprint density at radius 3 is 2.80 bits per heavy atom. The van der Waals surface area contributed by atoms with Crippen molar-refractivity contribution in [1.29, 1.82) is 0 Å². The molecule has 1 N–H and O–H groups in total. The van der Waals surface area contributed by atoms with Gasteiger partial charge in [-0.2, -0.15) is 0 Å². The van der Waals surface area contributed by atoms with Crippen LogP contribution in [0.25, 0.3) is 0 Å². The maximum Gasteiger partial charge on any atom is 0.225 e. The molecule has 0 fully saturated rings. The zero-order chi connectivity index (χ0) is 11.1. The molecule has 0 aromatic heterocycles. The second-order valence-corrected chi connectivity index (χ2v) is 5.69. The number of hydrogen-bond donors (Lipinski definition) is 1. The molecular weight excluding hydrogens is 214 g/mol. The van der Waals surface area contributed by atoms with Crippen molar-refractivity contribution in [2.45, 2.75) is 18.2 Å². The molecule has 0 atom stereocenters. The fourth-order valence-electron chi connectivity index (χ4n) is 1.54. The first-order valence-electron chi connectivity index (χ1n) is 4.62. The number of sulfone groups is 1. The number of nitrogens with one attached hydrogen (secondary N) is 1. The monoisotopic (exact) mass is 225 g/mol. The molecule has 1 aliphatic heterocycles. The number of amides is 1. The lowest BCUT2D eigenvalue weighted by Crippen LogP contribution is -2.10. The Balaban J connectivity index is 2.66. The van der Waals surface area contributed by atoms with Crippen LogP contribution in [0.1, 0.15) is 12.0 Å². The van der Waals surface area contributed by atoms with Crippen LogP contribution < -0.4 is 5.32 Å². The molecule has 80 valence electrons. The smallest absolute Gasteiger partial charge is 0.225 e. The van der Waals surface area contributed by atoms with Crippen LogP contribution in [0.5, 0.6) is 0 Å². The van der Waals surface area contributed by atoms with Gasteiger partial charge in [0.1, 0.15) is 0 Å². The molecule has 1 aromatic carbocycles.